The van der Waals surface area contributed by atoms with E-state index in [1.54, 1.807) is 17.1 Å². The first-order valence-corrected chi connectivity index (χ1v) is 10.3. The third-order valence-electron chi connectivity index (χ3n) is 5.79. The van der Waals surface area contributed by atoms with Gasteiger partial charge in [0.1, 0.15) is 5.82 Å². The highest BCUT2D eigenvalue weighted by Crippen LogP contribution is 2.40. The number of ether oxygens (including phenoxy) is 1. The molecule has 0 N–H and O–H groups in total. The third kappa shape index (κ3) is 2.93. The molecule has 9 nitrogen and oxygen atoms in total. The number of aryl methyl sites for hydroxylation is 1. The molecule has 4 aromatic heterocycles. The van der Waals surface area contributed by atoms with Crippen LogP contribution in [0, 0.1) is 0 Å². The lowest BCUT2D eigenvalue weighted by Gasteiger charge is -2.28. The molecule has 0 unspecified atom stereocenters. The minimum absolute atomic E-state index is 0.570. The van der Waals surface area contributed by atoms with Crippen LogP contribution in [0.1, 0.15) is 24.3 Å². The van der Waals surface area contributed by atoms with Gasteiger partial charge >= 0.3 is 0 Å². The maximum Gasteiger partial charge on any atom is 0.254 e. The molecule has 5 heterocycles. The van der Waals surface area contributed by atoms with Gasteiger partial charge in [-0.25, -0.2) is 9.67 Å². The van der Waals surface area contributed by atoms with Crippen molar-refractivity contribution in [3.63, 3.8) is 0 Å². The van der Waals surface area contributed by atoms with Gasteiger partial charge in [0, 0.05) is 44.3 Å². The molecular formula is C21H22N8O. The standard InChI is InChI=1S/C21H22N8O/c1-27-18(15-4-6-22-7-5-15)24-17-19(27)25-21(26-20(17)28-8-10-30-11-9-28)29-13-16(12-23-29)14-2-3-14/h4-7,12-14H,2-3,8-11H2,1H3. The molecule has 0 spiro atoms. The summed E-state index contributed by atoms with van der Waals surface area (Å²) < 4.78 is 9.35. The van der Waals surface area contributed by atoms with Gasteiger partial charge in [-0.3, -0.25) is 4.98 Å². The fourth-order valence-electron chi connectivity index (χ4n) is 3.97. The molecule has 2 aliphatic rings. The second-order valence-corrected chi connectivity index (χ2v) is 7.84. The Morgan fingerprint density at radius 1 is 1.03 bits per heavy atom. The van der Waals surface area contributed by atoms with E-state index in [0.717, 1.165) is 41.5 Å². The summed E-state index contributed by atoms with van der Waals surface area (Å²) in [5.74, 6) is 2.88. The van der Waals surface area contributed by atoms with E-state index in [1.165, 1.54) is 18.4 Å². The molecule has 2 fully saturated rings. The number of aromatic nitrogens is 7. The van der Waals surface area contributed by atoms with E-state index in [4.69, 9.17) is 19.7 Å². The normalized spacial score (nSPS) is 17.0. The average Bonchev–Trinajstić information content (AvgIpc) is 3.44. The molecule has 152 valence electrons. The quantitative estimate of drug-likeness (QED) is 0.518. The van der Waals surface area contributed by atoms with Gasteiger partial charge in [-0.1, -0.05) is 0 Å². The molecule has 6 rings (SSSR count). The molecule has 0 atom stereocenters. The largest absolute Gasteiger partial charge is 0.378 e. The van der Waals surface area contributed by atoms with E-state index in [9.17, 15) is 0 Å². The lowest BCUT2D eigenvalue weighted by Crippen LogP contribution is -2.37. The number of rotatable bonds is 4. The van der Waals surface area contributed by atoms with Crippen molar-refractivity contribution in [1.29, 1.82) is 0 Å². The summed E-state index contributed by atoms with van der Waals surface area (Å²) in [7, 11) is 1.99. The van der Waals surface area contributed by atoms with Crippen LogP contribution in [0.2, 0.25) is 0 Å². The van der Waals surface area contributed by atoms with Gasteiger partial charge in [-0.2, -0.15) is 15.1 Å². The van der Waals surface area contributed by atoms with Crippen LogP contribution >= 0.6 is 0 Å². The number of fused-ring (bicyclic) bond motifs is 1. The molecule has 0 bridgehead atoms. The predicted molar refractivity (Wildman–Crippen MR) is 112 cm³/mol. The van der Waals surface area contributed by atoms with E-state index in [1.807, 2.05) is 29.9 Å². The van der Waals surface area contributed by atoms with Crippen LogP contribution in [-0.4, -0.2) is 60.6 Å². The molecule has 1 aliphatic heterocycles. The van der Waals surface area contributed by atoms with Gasteiger partial charge in [0.15, 0.2) is 17.0 Å². The fraction of sp³-hybridized carbons (Fsp3) is 0.381. The van der Waals surface area contributed by atoms with Crippen LogP contribution in [-0.2, 0) is 11.8 Å². The van der Waals surface area contributed by atoms with Gasteiger partial charge < -0.3 is 14.2 Å². The number of anilines is 1. The number of nitrogens with zero attached hydrogens (tertiary/aromatic N) is 8. The first-order valence-electron chi connectivity index (χ1n) is 10.3. The van der Waals surface area contributed by atoms with E-state index >= 15 is 0 Å². The summed E-state index contributed by atoms with van der Waals surface area (Å²) in [6, 6.07) is 3.92. The highest BCUT2D eigenvalue weighted by Gasteiger charge is 2.26. The predicted octanol–water partition coefficient (Wildman–Crippen LogP) is 2.33. The second-order valence-electron chi connectivity index (χ2n) is 7.84. The number of morpholine rings is 1. The Labute approximate surface area is 173 Å². The summed E-state index contributed by atoms with van der Waals surface area (Å²) in [6.07, 6.45) is 10.0. The maximum atomic E-state index is 5.55. The summed E-state index contributed by atoms with van der Waals surface area (Å²) >= 11 is 0. The van der Waals surface area contributed by atoms with Crippen molar-refractivity contribution in [1.82, 2.24) is 34.3 Å². The summed E-state index contributed by atoms with van der Waals surface area (Å²) in [5, 5.41) is 4.55. The topological polar surface area (TPSA) is 86.8 Å². The van der Waals surface area contributed by atoms with Crippen molar-refractivity contribution in [2.24, 2.45) is 7.05 Å². The summed E-state index contributed by atoms with van der Waals surface area (Å²) in [5.41, 5.74) is 3.84. The molecule has 30 heavy (non-hydrogen) atoms. The van der Waals surface area contributed by atoms with Crippen LogP contribution < -0.4 is 4.90 Å². The number of pyridine rings is 1. The highest BCUT2D eigenvalue weighted by atomic mass is 16.5. The lowest BCUT2D eigenvalue weighted by molar-refractivity contribution is 0.122. The summed E-state index contributed by atoms with van der Waals surface area (Å²) in [6.45, 7) is 2.91. The van der Waals surface area contributed by atoms with Gasteiger partial charge in [-0.05, 0) is 36.5 Å². The smallest absolute Gasteiger partial charge is 0.254 e. The Morgan fingerprint density at radius 2 is 1.83 bits per heavy atom. The minimum atomic E-state index is 0.570. The van der Waals surface area contributed by atoms with Gasteiger partial charge in [-0.15, -0.1) is 0 Å². The average molecular weight is 402 g/mol. The van der Waals surface area contributed by atoms with Crippen molar-refractivity contribution in [2.45, 2.75) is 18.8 Å². The zero-order chi connectivity index (χ0) is 20.1. The first kappa shape index (κ1) is 17.5. The first-order chi connectivity index (χ1) is 14.8. The maximum absolute atomic E-state index is 5.55. The summed E-state index contributed by atoms with van der Waals surface area (Å²) in [4.78, 5) is 21.0. The molecule has 0 amide bonds. The van der Waals surface area contributed by atoms with E-state index in [0.29, 0.717) is 25.1 Å². The van der Waals surface area contributed by atoms with Crippen molar-refractivity contribution in [3.05, 3.63) is 42.5 Å². The molecule has 1 saturated heterocycles. The molecular weight excluding hydrogens is 380 g/mol. The molecule has 0 radical (unpaired) electrons. The van der Waals surface area contributed by atoms with Crippen LogP contribution in [0.3, 0.4) is 0 Å². The van der Waals surface area contributed by atoms with Crippen LogP contribution in [0.4, 0.5) is 5.82 Å². The monoisotopic (exact) mass is 402 g/mol. The fourth-order valence-corrected chi connectivity index (χ4v) is 3.97. The second kappa shape index (κ2) is 6.88. The SMILES string of the molecule is Cn1c(-c2ccncc2)nc2c(N3CCOCC3)nc(-n3cc(C4CC4)cn3)nc21. The van der Waals surface area contributed by atoms with Crippen LogP contribution in [0.25, 0.3) is 28.5 Å². The van der Waals surface area contributed by atoms with Crippen molar-refractivity contribution >= 4 is 17.0 Å². The minimum Gasteiger partial charge on any atom is -0.378 e. The molecule has 1 saturated carbocycles. The van der Waals surface area contributed by atoms with E-state index in [2.05, 4.69) is 21.2 Å². The molecule has 4 aromatic rings. The van der Waals surface area contributed by atoms with Crippen LogP contribution in [0.5, 0.6) is 0 Å². The Bertz CT molecular complexity index is 1200. The van der Waals surface area contributed by atoms with Crippen molar-refractivity contribution < 1.29 is 4.74 Å². The lowest BCUT2D eigenvalue weighted by atomic mass is 10.2. The number of hydrogen-bond acceptors (Lipinski definition) is 7. The van der Waals surface area contributed by atoms with Gasteiger partial charge in [0.05, 0.1) is 19.4 Å². The molecule has 1 aliphatic carbocycles. The Kier molecular flexibility index (Phi) is 4.02. The Balaban J connectivity index is 1.53. The zero-order valence-electron chi connectivity index (χ0n) is 16.8. The Hall–Kier alpha value is -3.33. The van der Waals surface area contributed by atoms with E-state index in [-0.39, 0.29) is 0 Å². The van der Waals surface area contributed by atoms with Crippen molar-refractivity contribution in [3.8, 4) is 17.3 Å². The zero-order valence-corrected chi connectivity index (χ0v) is 16.8. The molecule has 9 heteroatoms. The van der Waals surface area contributed by atoms with Gasteiger partial charge in [0.2, 0.25) is 0 Å². The third-order valence-corrected chi connectivity index (χ3v) is 5.79. The Morgan fingerprint density at radius 3 is 2.60 bits per heavy atom. The number of hydrogen-bond donors (Lipinski definition) is 0. The highest BCUT2D eigenvalue weighted by molar-refractivity contribution is 5.87. The van der Waals surface area contributed by atoms with Gasteiger partial charge in [0.25, 0.3) is 5.95 Å². The van der Waals surface area contributed by atoms with E-state index < -0.39 is 0 Å². The molecule has 0 aromatic carbocycles. The number of imidazole rings is 1. The van der Waals surface area contributed by atoms with Crippen molar-refractivity contribution in [2.75, 3.05) is 31.2 Å². The van der Waals surface area contributed by atoms with Crippen LogP contribution in [0.15, 0.2) is 36.9 Å².